The van der Waals surface area contributed by atoms with E-state index in [9.17, 15) is 20.1 Å². The van der Waals surface area contributed by atoms with Gasteiger partial charge < -0.3 is 20.1 Å². The molecule has 0 bridgehead atoms. The second kappa shape index (κ2) is 6.64. The molecule has 5 atom stereocenters. The van der Waals surface area contributed by atoms with Gasteiger partial charge in [0, 0.05) is 12.3 Å². The highest BCUT2D eigenvalue weighted by atomic mass is 16.6. The minimum atomic E-state index is -0.973. The molecule has 1 fully saturated rings. The largest absolute Gasteiger partial charge is 0.508 e. The minimum absolute atomic E-state index is 0.0243. The van der Waals surface area contributed by atoms with Gasteiger partial charge in [-0.25, -0.2) is 4.79 Å². The second-order valence-electron chi connectivity index (χ2n) is 8.98. The van der Waals surface area contributed by atoms with Crippen molar-refractivity contribution in [3.8, 4) is 5.75 Å². The lowest BCUT2D eigenvalue weighted by Crippen LogP contribution is -2.49. The number of hydrogen-bond donors (Lipinski definition) is 3. The quantitative estimate of drug-likeness (QED) is 0.557. The Morgan fingerprint density at radius 1 is 1.15 bits per heavy atom. The number of carbonyl (C=O) groups excluding carboxylic acids is 1. The van der Waals surface area contributed by atoms with Crippen LogP contribution in [0.2, 0.25) is 0 Å². The Labute approximate surface area is 160 Å². The van der Waals surface area contributed by atoms with Crippen molar-refractivity contribution in [1.82, 2.24) is 0 Å². The number of phenols is 1. The molecular weight excluding hydrogens is 344 g/mol. The number of aliphatic hydroxyl groups is 2. The van der Waals surface area contributed by atoms with Crippen molar-refractivity contribution in [2.24, 2.45) is 17.3 Å². The van der Waals surface area contributed by atoms with Gasteiger partial charge >= 0.3 is 5.97 Å². The van der Waals surface area contributed by atoms with Crippen LogP contribution in [-0.2, 0) is 4.74 Å². The summed E-state index contributed by atoms with van der Waals surface area (Å²) in [5.74, 6) is -0.714. The molecule has 0 saturated heterocycles. The van der Waals surface area contributed by atoms with Gasteiger partial charge in [-0.1, -0.05) is 26.8 Å². The van der Waals surface area contributed by atoms with Crippen molar-refractivity contribution in [3.63, 3.8) is 0 Å². The summed E-state index contributed by atoms with van der Waals surface area (Å²) in [4.78, 5) is 12.5. The molecule has 1 aromatic rings. The maximum atomic E-state index is 12.5. The fourth-order valence-electron chi connectivity index (χ4n) is 4.87. The molecule has 1 saturated carbocycles. The first kappa shape index (κ1) is 19.9. The average molecular weight is 374 g/mol. The van der Waals surface area contributed by atoms with Crippen LogP contribution in [0.5, 0.6) is 5.75 Å². The van der Waals surface area contributed by atoms with Gasteiger partial charge in [0.2, 0.25) is 0 Å². The number of aromatic hydroxyl groups is 1. The van der Waals surface area contributed by atoms with E-state index in [-0.39, 0.29) is 29.4 Å². The van der Waals surface area contributed by atoms with E-state index in [0.29, 0.717) is 12.0 Å². The molecule has 0 unspecified atom stereocenters. The van der Waals surface area contributed by atoms with Crippen molar-refractivity contribution in [3.05, 3.63) is 42.0 Å². The normalized spacial score (nSPS) is 38.5. The van der Waals surface area contributed by atoms with E-state index in [1.54, 1.807) is 6.92 Å². The number of fused-ring (bicyclic) bond motifs is 1. The Morgan fingerprint density at radius 2 is 1.78 bits per heavy atom. The Kier molecular flexibility index (Phi) is 4.89. The summed E-state index contributed by atoms with van der Waals surface area (Å²) in [6.07, 6.45) is 4.73. The predicted molar refractivity (Wildman–Crippen MR) is 102 cm³/mol. The first-order valence-electron chi connectivity index (χ1n) is 9.62. The van der Waals surface area contributed by atoms with Gasteiger partial charge in [-0.3, -0.25) is 0 Å². The number of phenolic OH excluding ortho intramolecular Hbond substituents is 1. The predicted octanol–water partition coefficient (Wildman–Crippen LogP) is 3.43. The molecule has 5 heteroatoms. The molecule has 3 N–H and O–H groups in total. The number of esters is 1. The van der Waals surface area contributed by atoms with Crippen LogP contribution in [-0.4, -0.2) is 38.6 Å². The van der Waals surface area contributed by atoms with E-state index in [0.717, 1.165) is 6.42 Å². The lowest BCUT2D eigenvalue weighted by atomic mass is 9.68. The van der Waals surface area contributed by atoms with Crippen LogP contribution >= 0.6 is 0 Å². The number of benzene rings is 1. The molecule has 0 heterocycles. The zero-order valence-electron chi connectivity index (χ0n) is 16.5. The first-order chi connectivity index (χ1) is 12.5. The molecule has 3 rings (SSSR count). The van der Waals surface area contributed by atoms with Crippen molar-refractivity contribution < 1.29 is 24.9 Å². The maximum absolute atomic E-state index is 12.5. The summed E-state index contributed by atoms with van der Waals surface area (Å²) in [6, 6.07) is 5.88. The minimum Gasteiger partial charge on any atom is -0.508 e. The van der Waals surface area contributed by atoms with E-state index in [2.05, 4.69) is 6.92 Å². The van der Waals surface area contributed by atoms with E-state index < -0.39 is 23.3 Å². The van der Waals surface area contributed by atoms with Crippen LogP contribution in [0.15, 0.2) is 36.4 Å². The number of hydrogen-bond acceptors (Lipinski definition) is 5. The number of rotatable bonds is 3. The van der Waals surface area contributed by atoms with Crippen molar-refractivity contribution in [2.45, 2.75) is 64.3 Å². The Hall–Kier alpha value is -1.85. The topological polar surface area (TPSA) is 87.0 Å². The first-order valence-corrected chi connectivity index (χ1v) is 9.62. The van der Waals surface area contributed by atoms with Crippen LogP contribution in [0.4, 0.5) is 0 Å². The molecular formula is C22H30O5. The number of allylic oxidation sites excluding steroid dienone is 1. The molecule has 1 aromatic carbocycles. The Morgan fingerprint density at radius 3 is 2.37 bits per heavy atom. The third-order valence-electron chi connectivity index (χ3n) is 6.56. The molecule has 0 radical (unpaired) electrons. The molecule has 148 valence electrons. The van der Waals surface area contributed by atoms with Crippen molar-refractivity contribution in [1.29, 1.82) is 0 Å². The fourth-order valence-corrected chi connectivity index (χ4v) is 4.87. The zero-order valence-corrected chi connectivity index (χ0v) is 16.5. The van der Waals surface area contributed by atoms with E-state index in [4.69, 9.17) is 4.74 Å². The molecule has 0 amide bonds. The highest BCUT2D eigenvalue weighted by Crippen LogP contribution is 2.56. The molecule has 0 aromatic heterocycles. The van der Waals surface area contributed by atoms with Gasteiger partial charge in [0.15, 0.2) is 0 Å². The third kappa shape index (κ3) is 3.50. The smallest absolute Gasteiger partial charge is 0.338 e. The van der Waals surface area contributed by atoms with Gasteiger partial charge in [0.25, 0.3) is 0 Å². The lowest BCUT2D eigenvalue weighted by Gasteiger charge is -2.42. The van der Waals surface area contributed by atoms with Crippen LogP contribution in [0, 0.1) is 17.3 Å². The van der Waals surface area contributed by atoms with Crippen LogP contribution in [0.1, 0.15) is 57.3 Å². The summed E-state index contributed by atoms with van der Waals surface area (Å²) in [5.41, 5.74) is -1.92. The third-order valence-corrected chi connectivity index (χ3v) is 6.56. The molecule has 5 nitrogen and oxygen atoms in total. The standard InChI is InChI=1S/C22H30O5/c1-14(2)22(26)12-10-20(3)9-11-21(4,13-17(24)18(20)22)27-19(25)15-5-7-16(23)8-6-15/h5-9,11,14,17-18,23-24,26H,10,12-13H2,1-4H3/t17-,18+,20-,21-,22+/m0/s1. The summed E-state index contributed by atoms with van der Waals surface area (Å²) in [7, 11) is 0. The molecule has 2 aliphatic rings. The summed E-state index contributed by atoms with van der Waals surface area (Å²) in [6.45, 7) is 7.81. The van der Waals surface area contributed by atoms with E-state index in [1.807, 2.05) is 26.0 Å². The van der Waals surface area contributed by atoms with Gasteiger partial charge in [-0.2, -0.15) is 0 Å². The number of carbonyl (C=O) groups is 1. The van der Waals surface area contributed by atoms with Crippen molar-refractivity contribution >= 4 is 5.97 Å². The van der Waals surface area contributed by atoms with E-state index >= 15 is 0 Å². The molecule has 2 aliphatic carbocycles. The summed E-state index contributed by atoms with van der Waals surface area (Å²) in [5, 5.41) is 31.7. The van der Waals surface area contributed by atoms with Gasteiger partial charge in [-0.05, 0) is 61.4 Å². The average Bonchev–Trinajstić information content (AvgIpc) is 2.81. The van der Waals surface area contributed by atoms with Gasteiger partial charge in [-0.15, -0.1) is 0 Å². The zero-order chi connectivity index (χ0) is 20.0. The Bertz CT molecular complexity index is 740. The number of aliphatic hydroxyl groups excluding tert-OH is 1. The summed E-state index contributed by atoms with van der Waals surface area (Å²) < 4.78 is 5.75. The van der Waals surface area contributed by atoms with E-state index in [1.165, 1.54) is 24.3 Å². The van der Waals surface area contributed by atoms with Crippen molar-refractivity contribution in [2.75, 3.05) is 0 Å². The SMILES string of the molecule is CC(C)[C@]1(O)CC[C@]2(C)C=C[C@](C)(OC(=O)c3ccc(O)cc3)C[C@H](O)[C@H]21. The second-order valence-corrected chi connectivity index (χ2v) is 8.98. The Balaban J connectivity index is 1.86. The van der Waals surface area contributed by atoms with Crippen LogP contribution in [0.25, 0.3) is 0 Å². The monoisotopic (exact) mass is 374 g/mol. The fraction of sp³-hybridized carbons (Fsp3) is 0.591. The molecule has 0 aliphatic heterocycles. The lowest BCUT2D eigenvalue weighted by molar-refractivity contribution is -0.113. The van der Waals surface area contributed by atoms with Gasteiger partial charge in [0.1, 0.15) is 11.4 Å². The number of ether oxygens (including phenoxy) is 1. The highest BCUT2D eigenvalue weighted by Gasteiger charge is 2.59. The van der Waals surface area contributed by atoms with Crippen LogP contribution < -0.4 is 0 Å². The van der Waals surface area contributed by atoms with Gasteiger partial charge in [0.05, 0.1) is 17.3 Å². The summed E-state index contributed by atoms with van der Waals surface area (Å²) >= 11 is 0. The molecule has 0 spiro atoms. The van der Waals surface area contributed by atoms with Crippen LogP contribution in [0.3, 0.4) is 0 Å². The highest BCUT2D eigenvalue weighted by molar-refractivity contribution is 5.89. The maximum Gasteiger partial charge on any atom is 0.338 e. The molecule has 27 heavy (non-hydrogen) atoms.